The number of nitrogens with two attached hydrogens (primary N) is 1. The average Bonchev–Trinajstić information content (AvgIpc) is 2.32. The van der Waals surface area contributed by atoms with E-state index in [0.29, 0.717) is 12.8 Å². The van der Waals surface area contributed by atoms with Gasteiger partial charge in [-0.15, -0.1) is 0 Å². The summed E-state index contributed by atoms with van der Waals surface area (Å²) >= 11 is 0. The molecule has 0 aromatic heterocycles. The zero-order chi connectivity index (χ0) is 13.3. The molecule has 1 saturated heterocycles. The van der Waals surface area contributed by atoms with Gasteiger partial charge in [0, 0.05) is 6.04 Å². The summed E-state index contributed by atoms with van der Waals surface area (Å²) < 4.78 is 22.8. The van der Waals surface area contributed by atoms with E-state index in [1.807, 2.05) is 0 Å². The van der Waals surface area contributed by atoms with Crippen LogP contribution in [0.4, 0.5) is 0 Å². The maximum Gasteiger partial charge on any atom is 0.150 e. The normalized spacial score (nSPS) is 21.7. The van der Waals surface area contributed by atoms with Crippen LogP contribution in [0.1, 0.15) is 35.6 Å². The van der Waals surface area contributed by atoms with Gasteiger partial charge in [-0.2, -0.15) is 0 Å². The Bertz CT molecular complexity index is 523. The maximum absolute atomic E-state index is 11.4. The summed E-state index contributed by atoms with van der Waals surface area (Å²) in [7, 11) is -2.80. The van der Waals surface area contributed by atoms with Crippen LogP contribution >= 0.6 is 0 Å². The van der Waals surface area contributed by atoms with Crippen molar-refractivity contribution in [3.63, 3.8) is 0 Å². The van der Waals surface area contributed by atoms with E-state index in [4.69, 9.17) is 5.73 Å². The van der Waals surface area contributed by atoms with E-state index in [-0.39, 0.29) is 23.5 Å². The highest BCUT2D eigenvalue weighted by atomic mass is 32.2. The zero-order valence-electron chi connectivity index (χ0n) is 11.0. The van der Waals surface area contributed by atoms with E-state index >= 15 is 0 Å². The molecule has 1 aliphatic heterocycles. The monoisotopic (exact) mass is 267 g/mol. The molecule has 1 atom stereocenters. The average molecular weight is 267 g/mol. The smallest absolute Gasteiger partial charge is 0.150 e. The highest BCUT2D eigenvalue weighted by Gasteiger charge is 2.28. The standard InChI is InChI=1S/C14H21NO2S/c1-10-3-4-13(9-11(10)2)14(15)12-5-7-18(16,17)8-6-12/h3-4,9,12,14H,5-8,15H2,1-2H3. The Labute approximate surface area is 109 Å². The number of benzene rings is 1. The minimum Gasteiger partial charge on any atom is -0.324 e. The maximum atomic E-state index is 11.4. The molecule has 1 aliphatic rings. The van der Waals surface area contributed by atoms with Gasteiger partial charge in [-0.05, 0) is 49.3 Å². The van der Waals surface area contributed by atoms with Crippen molar-refractivity contribution in [2.24, 2.45) is 11.7 Å². The van der Waals surface area contributed by atoms with Crippen molar-refractivity contribution < 1.29 is 8.42 Å². The molecule has 2 N–H and O–H groups in total. The van der Waals surface area contributed by atoms with Crippen LogP contribution in [-0.2, 0) is 9.84 Å². The lowest BCUT2D eigenvalue weighted by Gasteiger charge is -2.28. The van der Waals surface area contributed by atoms with Crippen LogP contribution in [0.2, 0.25) is 0 Å². The van der Waals surface area contributed by atoms with Gasteiger partial charge in [0.2, 0.25) is 0 Å². The van der Waals surface area contributed by atoms with Gasteiger partial charge in [-0.1, -0.05) is 18.2 Å². The lowest BCUT2D eigenvalue weighted by atomic mass is 9.88. The van der Waals surface area contributed by atoms with Gasteiger partial charge >= 0.3 is 0 Å². The predicted octanol–water partition coefficient (Wildman–Crippen LogP) is 2.13. The Morgan fingerprint density at radius 3 is 2.33 bits per heavy atom. The summed E-state index contributed by atoms with van der Waals surface area (Å²) in [5.74, 6) is 0.863. The first-order valence-electron chi connectivity index (χ1n) is 6.42. The Kier molecular flexibility index (Phi) is 3.78. The van der Waals surface area contributed by atoms with E-state index in [0.717, 1.165) is 5.56 Å². The molecule has 2 rings (SSSR count). The Hall–Kier alpha value is -0.870. The highest BCUT2D eigenvalue weighted by Crippen LogP contribution is 2.30. The number of hydrogen-bond acceptors (Lipinski definition) is 3. The number of aryl methyl sites for hydroxylation is 2. The third kappa shape index (κ3) is 2.93. The predicted molar refractivity (Wildman–Crippen MR) is 74.2 cm³/mol. The SMILES string of the molecule is Cc1ccc(C(N)C2CCS(=O)(=O)CC2)cc1C. The highest BCUT2D eigenvalue weighted by molar-refractivity contribution is 7.91. The first-order chi connectivity index (χ1) is 8.39. The molecule has 1 unspecified atom stereocenters. The van der Waals surface area contributed by atoms with Crippen molar-refractivity contribution in [1.29, 1.82) is 0 Å². The molecule has 100 valence electrons. The lowest BCUT2D eigenvalue weighted by molar-refractivity contribution is 0.391. The molecule has 1 heterocycles. The molecule has 0 bridgehead atoms. The van der Waals surface area contributed by atoms with Gasteiger partial charge < -0.3 is 5.73 Å². The Morgan fingerprint density at radius 1 is 1.17 bits per heavy atom. The van der Waals surface area contributed by atoms with Crippen molar-refractivity contribution in [2.75, 3.05) is 11.5 Å². The van der Waals surface area contributed by atoms with Crippen molar-refractivity contribution in [1.82, 2.24) is 0 Å². The van der Waals surface area contributed by atoms with Gasteiger partial charge in [0.1, 0.15) is 9.84 Å². The molecule has 0 saturated carbocycles. The lowest BCUT2D eigenvalue weighted by Crippen LogP contribution is -2.30. The molecular weight excluding hydrogens is 246 g/mol. The van der Waals surface area contributed by atoms with Gasteiger partial charge in [0.05, 0.1) is 11.5 Å². The minimum atomic E-state index is -2.80. The summed E-state index contributed by atoms with van der Waals surface area (Å²) in [5.41, 5.74) is 9.91. The van der Waals surface area contributed by atoms with E-state index in [2.05, 4.69) is 32.0 Å². The quantitative estimate of drug-likeness (QED) is 0.893. The summed E-state index contributed by atoms with van der Waals surface area (Å²) in [4.78, 5) is 0. The second-order valence-electron chi connectivity index (χ2n) is 5.36. The van der Waals surface area contributed by atoms with E-state index in [9.17, 15) is 8.42 Å². The van der Waals surface area contributed by atoms with Crippen LogP contribution in [0.5, 0.6) is 0 Å². The second kappa shape index (κ2) is 5.02. The van der Waals surface area contributed by atoms with Crippen LogP contribution in [0.15, 0.2) is 18.2 Å². The molecule has 1 aromatic rings. The van der Waals surface area contributed by atoms with E-state index in [1.54, 1.807) is 0 Å². The van der Waals surface area contributed by atoms with Crippen LogP contribution in [-0.4, -0.2) is 19.9 Å². The minimum absolute atomic E-state index is 0.0419. The molecule has 1 fully saturated rings. The summed E-state index contributed by atoms with van der Waals surface area (Å²) in [6.45, 7) is 4.16. The van der Waals surface area contributed by atoms with Crippen LogP contribution in [0.3, 0.4) is 0 Å². The molecule has 1 aromatic carbocycles. The van der Waals surface area contributed by atoms with Crippen molar-refractivity contribution in [3.8, 4) is 0 Å². The molecule has 4 heteroatoms. The molecule has 18 heavy (non-hydrogen) atoms. The zero-order valence-corrected chi connectivity index (χ0v) is 11.8. The third-order valence-electron chi connectivity index (χ3n) is 4.02. The first kappa shape index (κ1) is 13.6. The van der Waals surface area contributed by atoms with Gasteiger partial charge in [0.25, 0.3) is 0 Å². The first-order valence-corrected chi connectivity index (χ1v) is 8.24. The number of hydrogen-bond donors (Lipinski definition) is 1. The largest absolute Gasteiger partial charge is 0.324 e. The van der Waals surface area contributed by atoms with Crippen LogP contribution in [0.25, 0.3) is 0 Å². The van der Waals surface area contributed by atoms with Crippen molar-refractivity contribution >= 4 is 9.84 Å². The third-order valence-corrected chi connectivity index (χ3v) is 5.74. The summed E-state index contributed by atoms with van der Waals surface area (Å²) in [5, 5.41) is 0. The van der Waals surface area contributed by atoms with E-state index < -0.39 is 9.84 Å². The van der Waals surface area contributed by atoms with E-state index in [1.165, 1.54) is 11.1 Å². The number of rotatable bonds is 2. The van der Waals surface area contributed by atoms with Gasteiger partial charge in [-0.25, -0.2) is 8.42 Å². The molecule has 0 radical (unpaired) electrons. The second-order valence-corrected chi connectivity index (χ2v) is 7.66. The fourth-order valence-corrected chi connectivity index (χ4v) is 4.04. The fraction of sp³-hybridized carbons (Fsp3) is 0.571. The van der Waals surface area contributed by atoms with Crippen molar-refractivity contribution in [3.05, 3.63) is 34.9 Å². The topological polar surface area (TPSA) is 60.2 Å². The molecule has 0 spiro atoms. The van der Waals surface area contributed by atoms with Gasteiger partial charge in [-0.3, -0.25) is 0 Å². The molecule has 3 nitrogen and oxygen atoms in total. The van der Waals surface area contributed by atoms with Gasteiger partial charge in [0.15, 0.2) is 0 Å². The fourth-order valence-electron chi connectivity index (χ4n) is 2.51. The summed E-state index contributed by atoms with van der Waals surface area (Å²) in [6, 6.07) is 6.24. The molecule has 0 aliphatic carbocycles. The Balaban J connectivity index is 2.12. The molecule has 0 amide bonds. The van der Waals surface area contributed by atoms with Crippen LogP contribution < -0.4 is 5.73 Å². The number of sulfone groups is 1. The summed E-state index contributed by atoms with van der Waals surface area (Å²) in [6.07, 6.45) is 1.38. The Morgan fingerprint density at radius 2 is 1.78 bits per heavy atom. The van der Waals surface area contributed by atoms with Crippen LogP contribution in [0, 0.1) is 19.8 Å². The van der Waals surface area contributed by atoms with Crippen molar-refractivity contribution in [2.45, 2.75) is 32.7 Å². The molecular formula is C14H21NO2S.